The smallest absolute Gasteiger partial charge is 0.273 e. The Hall–Kier alpha value is -3.52. The molecule has 4 rings (SSSR count). The molecule has 0 spiro atoms. The Balaban J connectivity index is 1.84. The van der Waals surface area contributed by atoms with Crippen LogP contribution in [-0.4, -0.2) is 62.6 Å². The van der Waals surface area contributed by atoms with Gasteiger partial charge in [-0.25, -0.2) is 0 Å². The van der Waals surface area contributed by atoms with Crippen LogP contribution in [0.15, 0.2) is 42.5 Å². The van der Waals surface area contributed by atoms with Crippen LogP contribution in [0.25, 0.3) is 11.3 Å². The van der Waals surface area contributed by atoms with E-state index in [1.165, 1.54) is 0 Å². The van der Waals surface area contributed by atoms with Crippen LogP contribution in [0.5, 0.6) is 17.2 Å². The van der Waals surface area contributed by atoms with Crippen molar-refractivity contribution in [3.63, 3.8) is 0 Å². The Labute approximate surface area is 180 Å². The molecule has 2 aromatic carbocycles. The van der Waals surface area contributed by atoms with Gasteiger partial charge in [0.15, 0.2) is 11.5 Å². The van der Waals surface area contributed by atoms with Gasteiger partial charge in [-0.3, -0.25) is 9.89 Å². The molecule has 1 aromatic heterocycles. The van der Waals surface area contributed by atoms with Gasteiger partial charge in [0.1, 0.15) is 11.4 Å². The molecule has 0 fully saturated rings. The number of carbonyl (C=O) groups is 1. The molecule has 0 bridgehead atoms. The summed E-state index contributed by atoms with van der Waals surface area (Å²) in [4.78, 5) is 15.0. The molecule has 1 N–H and O–H groups in total. The van der Waals surface area contributed by atoms with Crippen LogP contribution in [0, 0.1) is 0 Å². The van der Waals surface area contributed by atoms with Crippen molar-refractivity contribution in [3.8, 4) is 28.5 Å². The predicted octanol–water partition coefficient (Wildman–Crippen LogP) is 3.29. The van der Waals surface area contributed by atoms with E-state index in [0.717, 1.165) is 28.1 Å². The number of hydrogen-bond donors (Lipinski definition) is 1. The minimum Gasteiger partial charge on any atom is -0.497 e. The van der Waals surface area contributed by atoms with Crippen molar-refractivity contribution < 1.29 is 23.7 Å². The van der Waals surface area contributed by atoms with E-state index in [1.807, 2.05) is 42.5 Å². The number of aromatic amines is 1. The Morgan fingerprint density at radius 3 is 2.35 bits per heavy atom. The van der Waals surface area contributed by atoms with Gasteiger partial charge in [-0.2, -0.15) is 5.10 Å². The molecule has 2 heterocycles. The molecule has 0 saturated carbocycles. The van der Waals surface area contributed by atoms with Crippen molar-refractivity contribution in [3.05, 3.63) is 59.3 Å². The second-order valence-electron chi connectivity index (χ2n) is 7.10. The first kappa shape index (κ1) is 20.7. The average molecular weight is 423 g/mol. The lowest BCUT2D eigenvalue weighted by molar-refractivity contribution is 0.0677. The highest BCUT2D eigenvalue weighted by Gasteiger charge is 2.42. The third-order valence-corrected chi connectivity index (χ3v) is 5.49. The van der Waals surface area contributed by atoms with Gasteiger partial charge in [0.2, 0.25) is 0 Å². The van der Waals surface area contributed by atoms with Crippen LogP contribution in [-0.2, 0) is 4.74 Å². The molecule has 1 aliphatic rings. The third-order valence-electron chi connectivity index (χ3n) is 5.49. The van der Waals surface area contributed by atoms with Gasteiger partial charge in [-0.1, -0.05) is 6.07 Å². The van der Waals surface area contributed by atoms with Crippen molar-refractivity contribution in [1.29, 1.82) is 0 Å². The van der Waals surface area contributed by atoms with Crippen molar-refractivity contribution in [1.82, 2.24) is 15.1 Å². The lowest BCUT2D eigenvalue weighted by Gasteiger charge is -2.26. The van der Waals surface area contributed by atoms with Crippen molar-refractivity contribution in [2.75, 3.05) is 41.6 Å². The normalized spacial score (nSPS) is 15.2. The number of nitrogens with one attached hydrogen (secondary N) is 1. The van der Waals surface area contributed by atoms with Gasteiger partial charge < -0.3 is 23.8 Å². The largest absolute Gasteiger partial charge is 0.497 e. The zero-order valence-electron chi connectivity index (χ0n) is 18.0. The first-order valence-corrected chi connectivity index (χ1v) is 9.87. The van der Waals surface area contributed by atoms with Gasteiger partial charge in [0.25, 0.3) is 5.91 Å². The Morgan fingerprint density at radius 2 is 1.71 bits per heavy atom. The van der Waals surface area contributed by atoms with E-state index in [1.54, 1.807) is 33.3 Å². The summed E-state index contributed by atoms with van der Waals surface area (Å²) < 4.78 is 21.4. The topological polar surface area (TPSA) is 85.9 Å². The predicted molar refractivity (Wildman–Crippen MR) is 115 cm³/mol. The summed E-state index contributed by atoms with van der Waals surface area (Å²) in [6.07, 6.45) is 0. The summed E-state index contributed by atoms with van der Waals surface area (Å²) in [7, 11) is 6.43. The van der Waals surface area contributed by atoms with Gasteiger partial charge in [-0.05, 0) is 42.0 Å². The molecule has 1 amide bonds. The first-order chi connectivity index (χ1) is 15.1. The number of amides is 1. The molecule has 162 valence electrons. The fraction of sp³-hybridized carbons (Fsp3) is 0.304. The van der Waals surface area contributed by atoms with Crippen LogP contribution in [0.2, 0.25) is 0 Å². The molecule has 3 aromatic rings. The summed E-state index contributed by atoms with van der Waals surface area (Å²) >= 11 is 0. The van der Waals surface area contributed by atoms with Crippen LogP contribution in [0.4, 0.5) is 0 Å². The number of nitrogens with zero attached hydrogens (tertiary/aromatic N) is 2. The molecule has 31 heavy (non-hydrogen) atoms. The van der Waals surface area contributed by atoms with Crippen molar-refractivity contribution >= 4 is 5.91 Å². The van der Waals surface area contributed by atoms with Crippen LogP contribution in [0.1, 0.15) is 27.7 Å². The van der Waals surface area contributed by atoms with E-state index in [4.69, 9.17) is 18.9 Å². The minimum atomic E-state index is -0.340. The summed E-state index contributed by atoms with van der Waals surface area (Å²) in [5.41, 5.74) is 3.84. The zero-order chi connectivity index (χ0) is 22.0. The first-order valence-electron chi connectivity index (χ1n) is 9.87. The van der Waals surface area contributed by atoms with E-state index in [9.17, 15) is 4.79 Å². The number of H-pyrrole nitrogens is 1. The Kier molecular flexibility index (Phi) is 5.81. The van der Waals surface area contributed by atoms with Crippen LogP contribution < -0.4 is 14.2 Å². The maximum Gasteiger partial charge on any atom is 0.273 e. The molecule has 0 radical (unpaired) electrons. The van der Waals surface area contributed by atoms with E-state index >= 15 is 0 Å². The second kappa shape index (κ2) is 8.69. The summed E-state index contributed by atoms with van der Waals surface area (Å²) in [6.45, 7) is 0.865. The molecule has 1 atom stereocenters. The summed E-state index contributed by atoms with van der Waals surface area (Å²) in [5, 5.41) is 7.43. The number of fused-ring (bicyclic) bond motifs is 1. The quantitative estimate of drug-likeness (QED) is 0.598. The van der Waals surface area contributed by atoms with E-state index in [-0.39, 0.29) is 11.9 Å². The maximum absolute atomic E-state index is 13.2. The van der Waals surface area contributed by atoms with E-state index in [2.05, 4.69) is 10.2 Å². The number of rotatable bonds is 8. The highest BCUT2D eigenvalue weighted by Crippen LogP contribution is 2.44. The lowest BCUT2D eigenvalue weighted by Crippen LogP contribution is -2.32. The van der Waals surface area contributed by atoms with Gasteiger partial charge in [-0.15, -0.1) is 0 Å². The average Bonchev–Trinajstić information content (AvgIpc) is 3.36. The number of hydrogen-bond acceptors (Lipinski definition) is 6. The van der Waals surface area contributed by atoms with Crippen molar-refractivity contribution in [2.45, 2.75) is 6.04 Å². The highest BCUT2D eigenvalue weighted by molar-refractivity contribution is 6.00. The molecular formula is C23H25N3O5. The van der Waals surface area contributed by atoms with Gasteiger partial charge >= 0.3 is 0 Å². The molecule has 8 heteroatoms. The van der Waals surface area contributed by atoms with E-state index in [0.29, 0.717) is 30.3 Å². The standard InChI is InChI=1S/C23H25N3O5/c1-28-12-11-26-22(15-7-10-17(30-3)18(13-15)31-4)19-20(24-25-21(19)23(26)27)14-5-8-16(29-2)9-6-14/h5-10,13,22H,11-12H2,1-4H3,(H,24,25). The minimum absolute atomic E-state index is 0.112. The maximum atomic E-state index is 13.2. The van der Waals surface area contributed by atoms with Crippen LogP contribution >= 0.6 is 0 Å². The number of ether oxygens (including phenoxy) is 4. The van der Waals surface area contributed by atoms with Gasteiger partial charge in [0.05, 0.1) is 39.7 Å². The Bertz CT molecular complexity index is 1080. The van der Waals surface area contributed by atoms with E-state index < -0.39 is 0 Å². The fourth-order valence-electron chi connectivity index (χ4n) is 3.96. The third kappa shape index (κ3) is 3.59. The summed E-state index contributed by atoms with van der Waals surface area (Å²) in [6, 6.07) is 13.0. The van der Waals surface area contributed by atoms with Crippen molar-refractivity contribution in [2.24, 2.45) is 0 Å². The molecule has 1 unspecified atom stereocenters. The highest BCUT2D eigenvalue weighted by atomic mass is 16.5. The monoisotopic (exact) mass is 423 g/mol. The fourth-order valence-corrected chi connectivity index (χ4v) is 3.96. The van der Waals surface area contributed by atoms with Gasteiger partial charge in [0, 0.05) is 24.8 Å². The lowest BCUT2D eigenvalue weighted by atomic mass is 9.95. The number of methoxy groups -OCH3 is 4. The summed E-state index contributed by atoms with van der Waals surface area (Å²) in [5.74, 6) is 1.87. The number of benzene rings is 2. The molecule has 1 aliphatic heterocycles. The number of carbonyl (C=O) groups excluding carboxylic acids is 1. The Morgan fingerprint density at radius 1 is 0.968 bits per heavy atom. The second-order valence-corrected chi connectivity index (χ2v) is 7.10. The molecule has 0 saturated heterocycles. The zero-order valence-corrected chi connectivity index (χ0v) is 18.0. The molecular weight excluding hydrogens is 398 g/mol. The van der Waals surface area contributed by atoms with Crippen LogP contribution in [0.3, 0.4) is 0 Å². The molecule has 0 aliphatic carbocycles. The SMILES string of the molecule is COCCN1C(=O)c2[nH]nc(-c3ccc(OC)cc3)c2C1c1ccc(OC)c(OC)c1. The molecule has 8 nitrogen and oxygen atoms in total. The number of aromatic nitrogens is 2.